The Morgan fingerprint density at radius 2 is 1.86 bits per heavy atom. The van der Waals surface area contributed by atoms with Crippen LogP contribution in [0.2, 0.25) is 0 Å². The van der Waals surface area contributed by atoms with Crippen molar-refractivity contribution in [2.75, 3.05) is 7.05 Å². The lowest BCUT2D eigenvalue weighted by atomic mass is 9.95. The lowest BCUT2D eigenvalue weighted by Gasteiger charge is -2.20. The molecule has 1 N–H and O–H groups in total. The van der Waals surface area contributed by atoms with E-state index < -0.39 is 0 Å². The number of nitrogens with one attached hydrogen (secondary N) is 1. The first-order valence-corrected chi connectivity index (χ1v) is 8.16. The highest BCUT2D eigenvalue weighted by molar-refractivity contribution is 9.10. The molecular formula is C18H20BrNO. The van der Waals surface area contributed by atoms with E-state index in [4.69, 9.17) is 4.74 Å². The van der Waals surface area contributed by atoms with Crippen molar-refractivity contribution in [3.63, 3.8) is 0 Å². The van der Waals surface area contributed by atoms with E-state index in [1.165, 1.54) is 29.5 Å². The Bertz CT molecular complexity index is 620. The molecule has 0 amide bonds. The van der Waals surface area contributed by atoms with Crippen LogP contribution in [0.1, 0.15) is 35.6 Å². The van der Waals surface area contributed by atoms with E-state index in [9.17, 15) is 0 Å². The summed E-state index contributed by atoms with van der Waals surface area (Å²) in [6.45, 7) is 2.15. The van der Waals surface area contributed by atoms with Gasteiger partial charge in [-0.25, -0.2) is 0 Å². The van der Waals surface area contributed by atoms with Gasteiger partial charge in [-0.05, 0) is 67.8 Å². The van der Waals surface area contributed by atoms with Gasteiger partial charge in [0.2, 0.25) is 0 Å². The summed E-state index contributed by atoms with van der Waals surface area (Å²) >= 11 is 3.52. The molecule has 0 radical (unpaired) electrons. The van der Waals surface area contributed by atoms with E-state index in [0.717, 1.165) is 10.2 Å². The van der Waals surface area contributed by atoms with Crippen molar-refractivity contribution >= 4 is 15.9 Å². The molecule has 0 aromatic heterocycles. The maximum absolute atomic E-state index is 5.81. The zero-order valence-corrected chi connectivity index (χ0v) is 14.0. The summed E-state index contributed by atoms with van der Waals surface area (Å²) in [6, 6.07) is 15.1. The lowest BCUT2D eigenvalue weighted by molar-refractivity contribution is 0.303. The van der Waals surface area contributed by atoms with Gasteiger partial charge in [0.1, 0.15) is 5.75 Å². The van der Waals surface area contributed by atoms with Gasteiger partial charge in [-0.3, -0.25) is 0 Å². The third-order valence-corrected chi connectivity index (χ3v) is 4.37. The second-order valence-electron chi connectivity index (χ2n) is 5.61. The molecule has 0 bridgehead atoms. The maximum Gasteiger partial charge on any atom is 0.119 e. The van der Waals surface area contributed by atoms with Gasteiger partial charge in [-0.1, -0.05) is 34.1 Å². The maximum atomic E-state index is 5.81. The van der Waals surface area contributed by atoms with Gasteiger partial charge >= 0.3 is 0 Å². The number of benzene rings is 2. The summed E-state index contributed by atoms with van der Waals surface area (Å²) in [5.74, 6) is 0.976. The molecule has 0 heterocycles. The molecule has 0 saturated heterocycles. The van der Waals surface area contributed by atoms with Crippen molar-refractivity contribution in [1.82, 2.24) is 5.32 Å². The van der Waals surface area contributed by atoms with Crippen molar-refractivity contribution in [3.05, 3.63) is 63.6 Å². The second-order valence-corrected chi connectivity index (χ2v) is 6.52. The quantitative estimate of drug-likeness (QED) is 0.854. The number of ether oxygens (including phenoxy) is 1. The molecule has 3 heteroatoms. The van der Waals surface area contributed by atoms with Crippen molar-refractivity contribution in [2.45, 2.75) is 31.9 Å². The van der Waals surface area contributed by atoms with Crippen molar-refractivity contribution in [1.29, 1.82) is 0 Å². The van der Waals surface area contributed by atoms with E-state index >= 15 is 0 Å². The van der Waals surface area contributed by atoms with Crippen LogP contribution in [0.15, 0.2) is 46.9 Å². The molecule has 1 fully saturated rings. The Labute approximate surface area is 134 Å². The van der Waals surface area contributed by atoms with Crippen LogP contribution >= 0.6 is 15.9 Å². The number of hydrogen-bond donors (Lipinski definition) is 1. The fourth-order valence-corrected chi connectivity index (χ4v) is 3.06. The van der Waals surface area contributed by atoms with E-state index in [-0.39, 0.29) is 6.04 Å². The Balaban J connectivity index is 1.84. The number of halogens is 1. The number of aryl methyl sites for hydroxylation is 1. The van der Waals surface area contributed by atoms with Gasteiger partial charge in [0.25, 0.3) is 0 Å². The average molecular weight is 346 g/mol. The average Bonchev–Trinajstić information content (AvgIpc) is 3.27. The Kier molecular flexibility index (Phi) is 4.32. The largest absolute Gasteiger partial charge is 0.490 e. The summed E-state index contributed by atoms with van der Waals surface area (Å²) in [5.41, 5.74) is 3.84. The summed E-state index contributed by atoms with van der Waals surface area (Å²) < 4.78 is 6.93. The molecular weight excluding hydrogens is 326 g/mol. The molecule has 1 atom stereocenters. The van der Waals surface area contributed by atoms with Gasteiger partial charge in [0.05, 0.1) is 12.1 Å². The SMILES string of the molecule is CNC(c1ccc(OC2CC2)cc1)c1ccc(Br)cc1C. The molecule has 2 aromatic rings. The molecule has 1 aliphatic carbocycles. The molecule has 0 aliphatic heterocycles. The molecule has 1 unspecified atom stereocenters. The van der Waals surface area contributed by atoms with Crippen LogP contribution in [-0.2, 0) is 0 Å². The molecule has 2 aromatic carbocycles. The van der Waals surface area contributed by atoms with Gasteiger partial charge in [0.15, 0.2) is 0 Å². The van der Waals surface area contributed by atoms with E-state index in [1.807, 2.05) is 7.05 Å². The molecule has 1 aliphatic rings. The summed E-state index contributed by atoms with van der Waals surface area (Å²) in [5, 5.41) is 3.41. The van der Waals surface area contributed by atoms with Crippen LogP contribution in [0.3, 0.4) is 0 Å². The van der Waals surface area contributed by atoms with Crippen LogP contribution < -0.4 is 10.1 Å². The van der Waals surface area contributed by atoms with Crippen LogP contribution in [0.4, 0.5) is 0 Å². The Morgan fingerprint density at radius 3 is 2.43 bits per heavy atom. The first-order chi connectivity index (χ1) is 10.2. The Morgan fingerprint density at radius 1 is 1.14 bits per heavy atom. The van der Waals surface area contributed by atoms with Gasteiger partial charge in [-0.2, -0.15) is 0 Å². The Hall–Kier alpha value is -1.32. The fraction of sp³-hybridized carbons (Fsp3) is 0.333. The van der Waals surface area contributed by atoms with Crippen molar-refractivity contribution in [2.24, 2.45) is 0 Å². The summed E-state index contributed by atoms with van der Waals surface area (Å²) in [6.07, 6.45) is 2.84. The smallest absolute Gasteiger partial charge is 0.119 e. The summed E-state index contributed by atoms with van der Waals surface area (Å²) in [4.78, 5) is 0. The normalized spacial score (nSPS) is 15.8. The number of rotatable bonds is 5. The summed E-state index contributed by atoms with van der Waals surface area (Å²) in [7, 11) is 2.00. The van der Waals surface area contributed by atoms with Crippen LogP contribution in [0.25, 0.3) is 0 Å². The first-order valence-electron chi connectivity index (χ1n) is 7.37. The van der Waals surface area contributed by atoms with Gasteiger partial charge < -0.3 is 10.1 Å². The van der Waals surface area contributed by atoms with E-state index in [1.54, 1.807) is 0 Å². The van der Waals surface area contributed by atoms with Crippen LogP contribution in [-0.4, -0.2) is 13.2 Å². The molecule has 110 valence electrons. The van der Waals surface area contributed by atoms with Crippen LogP contribution in [0, 0.1) is 6.92 Å². The van der Waals surface area contributed by atoms with Crippen molar-refractivity contribution in [3.8, 4) is 5.75 Å². The first kappa shape index (κ1) is 14.6. The highest BCUT2D eigenvalue weighted by Gasteiger charge is 2.23. The topological polar surface area (TPSA) is 21.3 Å². The molecule has 1 saturated carbocycles. The predicted octanol–water partition coefficient (Wildman–Crippen LogP) is 4.61. The predicted molar refractivity (Wildman–Crippen MR) is 89.9 cm³/mol. The second kappa shape index (κ2) is 6.20. The highest BCUT2D eigenvalue weighted by atomic mass is 79.9. The van der Waals surface area contributed by atoms with Crippen LogP contribution in [0.5, 0.6) is 5.75 Å². The lowest BCUT2D eigenvalue weighted by Crippen LogP contribution is -2.18. The molecule has 3 rings (SSSR count). The highest BCUT2D eigenvalue weighted by Crippen LogP contribution is 2.30. The zero-order valence-electron chi connectivity index (χ0n) is 12.4. The van der Waals surface area contributed by atoms with E-state index in [2.05, 4.69) is 70.6 Å². The van der Waals surface area contributed by atoms with Crippen molar-refractivity contribution < 1.29 is 4.74 Å². The molecule has 21 heavy (non-hydrogen) atoms. The monoisotopic (exact) mass is 345 g/mol. The van der Waals surface area contributed by atoms with Gasteiger partial charge in [-0.15, -0.1) is 0 Å². The fourth-order valence-electron chi connectivity index (χ4n) is 2.58. The minimum absolute atomic E-state index is 0.202. The third-order valence-electron chi connectivity index (χ3n) is 3.87. The minimum atomic E-state index is 0.202. The standard InChI is InChI=1S/C18H20BrNO/c1-12-11-14(19)5-10-17(12)18(20-2)13-3-6-15(7-4-13)21-16-8-9-16/h3-7,10-11,16,18,20H,8-9H2,1-2H3. The van der Waals surface area contributed by atoms with Gasteiger partial charge in [0, 0.05) is 4.47 Å². The zero-order chi connectivity index (χ0) is 14.8. The number of hydrogen-bond acceptors (Lipinski definition) is 2. The molecule has 2 nitrogen and oxygen atoms in total. The molecule has 0 spiro atoms. The third kappa shape index (κ3) is 3.47. The minimum Gasteiger partial charge on any atom is -0.490 e. The van der Waals surface area contributed by atoms with E-state index in [0.29, 0.717) is 6.10 Å².